The Balaban J connectivity index is 1.97. The standard InChI is InChI=1S/C15H20N2O2/c1-11(12-6-4-3-5-7-12)17-15(18)13-8-9-14(19-2)16-10-13/h6,8-11H,3-5,7H2,1-2H3,(H,17,18)/t11-/m0/s1. The molecule has 1 aliphatic carbocycles. The molecule has 1 aliphatic rings. The molecule has 0 bridgehead atoms. The fraction of sp³-hybridized carbons (Fsp3) is 0.467. The number of methoxy groups -OCH3 is 1. The van der Waals surface area contributed by atoms with E-state index in [0.29, 0.717) is 11.4 Å². The first-order valence-electron chi connectivity index (χ1n) is 6.70. The molecule has 0 spiro atoms. The largest absolute Gasteiger partial charge is 0.481 e. The third-order valence-electron chi connectivity index (χ3n) is 3.44. The average Bonchev–Trinajstić information content (AvgIpc) is 2.48. The molecule has 0 radical (unpaired) electrons. The van der Waals surface area contributed by atoms with E-state index in [1.165, 1.54) is 24.6 Å². The van der Waals surface area contributed by atoms with Crippen molar-refractivity contribution in [3.63, 3.8) is 0 Å². The second-order valence-corrected chi connectivity index (χ2v) is 4.81. The molecule has 102 valence electrons. The summed E-state index contributed by atoms with van der Waals surface area (Å²) in [4.78, 5) is 16.1. The van der Waals surface area contributed by atoms with Crippen molar-refractivity contribution < 1.29 is 9.53 Å². The Morgan fingerprint density at radius 3 is 2.84 bits per heavy atom. The van der Waals surface area contributed by atoms with Gasteiger partial charge in [-0.2, -0.15) is 0 Å². The van der Waals surface area contributed by atoms with Crippen LogP contribution in [0.5, 0.6) is 5.88 Å². The van der Waals surface area contributed by atoms with Crippen molar-refractivity contribution in [3.8, 4) is 5.88 Å². The molecule has 1 aromatic heterocycles. The quantitative estimate of drug-likeness (QED) is 0.847. The van der Waals surface area contributed by atoms with E-state index in [2.05, 4.69) is 16.4 Å². The predicted octanol–water partition coefficient (Wildman–Crippen LogP) is 2.71. The lowest BCUT2D eigenvalue weighted by molar-refractivity contribution is 0.0944. The van der Waals surface area contributed by atoms with Crippen LogP contribution in [0.1, 0.15) is 43.0 Å². The number of aromatic nitrogens is 1. The van der Waals surface area contributed by atoms with Gasteiger partial charge in [0.1, 0.15) is 0 Å². The molecular weight excluding hydrogens is 240 g/mol. The molecule has 1 amide bonds. The number of hydrogen-bond donors (Lipinski definition) is 1. The van der Waals surface area contributed by atoms with E-state index in [4.69, 9.17) is 4.74 Å². The molecule has 0 saturated heterocycles. The van der Waals surface area contributed by atoms with Gasteiger partial charge >= 0.3 is 0 Å². The Morgan fingerprint density at radius 2 is 2.26 bits per heavy atom. The van der Waals surface area contributed by atoms with Crippen molar-refractivity contribution in [2.24, 2.45) is 0 Å². The topological polar surface area (TPSA) is 51.2 Å². The molecule has 0 fully saturated rings. The number of ether oxygens (including phenoxy) is 1. The lowest BCUT2D eigenvalue weighted by Crippen LogP contribution is -2.34. The van der Waals surface area contributed by atoms with Gasteiger partial charge in [-0.25, -0.2) is 4.98 Å². The zero-order chi connectivity index (χ0) is 13.7. The second kappa shape index (κ2) is 6.36. The molecule has 2 rings (SSSR count). The minimum Gasteiger partial charge on any atom is -0.481 e. The number of nitrogens with zero attached hydrogens (tertiary/aromatic N) is 1. The van der Waals surface area contributed by atoms with Crippen LogP contribution in [0, 0.1) is 0 Å². The monoisotopic (exact) mass is 260 g/mol. The Kier molecular flexibility index (Phi) is 4.55. The fourth-order valence-corrected chi connectivity index (χ4v) is 2.26. The second-order valence-electron chi connectivity index (χ2n) is 4.81. The van der Waals surface area contributed by atoms with Gasteiger partial charge in [-0.3, -0.25) is 4.79 Å². The number of rotatable bonds is 4. The lowest BCUT2D eigenvalue weighted by Gasteiger charge is -2.20. The van der Waals surface area contributed by atoms with Gasteiger partial charge in [0, 0.05) is 18.3 Å². The summed E-state index contributed by atoms with van der Waals surface area (Å²) in [5, 5.41) is 3.02. The summed E-state index contributed by atoms with van der Waals surface area (Å²) < 4.78 is 4.97. The summed E-state index contributed by atoms with van der Waals surface area (Å²) in [5.74, 6) is 0.425. The molecule has 4 heteroatoms. The molecule has 4 nitrogen and oxygen atoms in total. The third-order valence-corrected chi connectivity index (χ3v) is 3.44. The van der Waals surface area contributed by atoms with Gasteiger partial charge in [-0.05, 0) is 38.7 Å². The number of carbonyl (C=O) groups is 1. The van der Waals surface area contributed by atoms with Crippen LogP contribution in [0.4, 0.5) is 0 Å². The normalized spacial score (nSPS) is 16.4. The highest BCUT2D eigenvalue weighted by atomic mass is 16.5. The van der Waals surface area contributed by atoms with Crippen LogP contribution in [0.15, 0.2) is 30.0 Å². The Morgan fingerprint density at radius 1 is 1.42 bits per heavy atom. The van der Waals surface area contributed by atoms with Gasteiger partial charge in [-0.15, -0.1) is 0 Å². The summed E-state index contributed by atoms with van der Waals surface area (Å²) in [6.07, 6.45) is 8.47. The van der Waals surface area contributed by atoms with E-state index in [-0.39, 0.29) is 11.9 Å². The zero-order valence-corrected chi connectivity index (χ0v) is 11.5. The molecule has 19 heavy (non-hydrogen) atoms. The molecular formula is C15H20N2O2. The van der Waals surface area contributed by atoms with E-state index in [9.17, 15) is 4.79 Å². The minimum absolute atomic E-state index is 0.0888. The number of carbonyl (C=O) groups excluding carboxylic acids is 1. The molecule has 1 aromatic rings. The fourth-order valence-electron chi connectivity index (χ4n) is 2.26. The highest BCUT2D eigenvalue weighted by molar-refractivity contribution is 5.94. The van der Waals surface area contributed by atoms with Crippen LogP contribution in [-0.2, 0) is 0 Å². The number of nitrogens with one attached hydrogen (secondary N) is 1. The summed E-state index contributed by atoms with van der Waals surface area (Å²) in [5.41, 5.74) is 1.89. The van der Waals surface area contributed by atoms with E-state index in [1.54, 1.807) is 19.2 Å². The van der Waals surface area contributed by atoms with Crippen LogP contribution in [0.2, 0.25) is 0 Å². The maximum absolute atomic E-state index is 12.1. The Bertz CT molecular complexity index is 466. The van der Waals surface area contributed by atoms with Crippen molar-refractivity contribution >= 4 is 5.91 Å². The van der Waals surface area contributed by atoms with E-state index in [1.807, 2.05) is 6.92 Å². The Hall–Kier alpha value is -1.84. The van der Waals surface area contributed by atoms with Crippen molar-refractivity contribution in [1.82, 2.24) is 10.3 Å². The summed E-state index contributed by atoms with van der Waals surface area (Å²) >= 11 is 0. The third kappa shape index (κ3) is 3.56. The zero-order valence-electron chi connectivity index (χ0n) is 11.5. The number of allylic oxidation sites excluding steroid dienone is 1. The van der Waals surface area contributed by atoms with E-state index >= 15 is 0 Å². The maximum Gasteiger partial charge on any atom is 0.253 e. The summed E-state index contributed by atoms with van der Waals surface area (Å²) in [7, 11) is 1.56. The van der Waals surface area contributed by atoms with Gasteiger partial charge in [0.25, 0.3) is 5.91 Å². The molecule has 0 saturated carbocycles. The lowest BCUT2D eigenvalue weighted by atomic mass is 9.94. The maximum atomic E-state index is 12.1. The van der Waals surface area contributed by atoms with Crippen LogP contribution in [-0.4, -0.2) is 24.0 Å². The molecule has 0 aromatic carbocycles. The van der Waals surface area contributed by atoms with Gasteiger partial charge in [-0.1, -0.05) is 11.6 Å². The van der Waals surface area contributed by atoms with Gasteiger partial charge < -0.3 is 10.1 Å². The van der Waals surface area contributed by atoms with Gasteiger partial charge in [0.15, 0.2) is 0 Å². The van der Waals surface area contributed by atoms with Gasteiger partial charge in [0.2, 0.25) is 5.88 Å². The van der Waals surface area contributed by atoms with Crippen LogP contribution < -0.4 is 10.1 Å². The van der Waals surface area contributed by atoms with Crippen molar-refractivity contribution in [1.29, 1.82) is 0 Å². The number of pyridine rings is 1. The summed E-state index contributed by atoms with van der Waals surface area (Å²) in [6, 6.07) is 3.51. The van der Waals surface area contributed by atoms with E-state index in [0.717, 1.165) is 12.8 Å². The number of amides is 1. The molecule has 0 unspecified atom stereocenters. The van der Waals surface area contributed by atoms with Crippen LogP contribution >= 0.6 is 0 Å². The predicted molar refractivity (Wildman–Crippen MR) is 74.3 cm³/mol. The first-order valence-corrected chi connectivity index (χ1v) is 6.70. The average molecular weight is 260 g/mol. The van der Waals surface area contributed by atoms with Crippen molar-refractivity contribution in [3.05, 3.63) is 35.5 Å². The summed E-state index contributed by atoms with van der Waals surface area (Å²) in [6.45, 7) is 2.03. The molecule has 0 aliphatic heterocycles. The SMILES string of the molecule is COc1ccc(C(=O)N[C@@H](C)C2=CCCCC2)cn1. The first kappa shape index (κ1) is 13.6. The first-order chi connectivity index (χ1) is 9.20. The number of hydrogen-bond acceptors (Lipinski definition) is 3. The van der Waals surface area contributed by atoms with Crippen LogP contribution in [0.3, 0.4) is 0 Å². The smallest absolute Gasteiger partial charge is 0.253 e. The van der Waals surface area contributed by atoms with Crippen molar-refractivity contribution in [2.45, 2.75) is 38.6 Å². The molecule has 1 heterocycles. The highest BCUT2D eigenvalue weighted by Crippen LogP contribution is 2.20. The molecule has 1 N–H and O–H groups in total. The van der Waals surface area contributed by atoms with Gasteiger partial charge in [0.05, 0.1) is 12.7 Å². The Labute approximate surface area is 113 Å². The minimum atomic E-state index is -0.0888. The van der Waals surface area contributed by atoms with E-state index < -0.39 is 0 Å². The highest BCUT2D eigenvalue weighted by Gasteiger charge is 2.15. The van der Waals surface area contributed by atoms with Crippen LogP contribution in [0.25, 0.3) is 0 Å². The van der Waals surface area contributed by atoms with Crippen molar-refractivity contribution in [2.75, 3.05) is 7.11 Å². The molecule has 1 atom stereocenters.